The minimum absolute atomic E-state index is 0.181. The first kappa shape index (κ1) is 14.3. The van der Waals surface area contributed by atoms with Crippen molar-refractivity contribution in [1.82, 2.24) is 0 Å². The Balaban J connectivity index is 2.70. The van der Waals surface area contributed by atoms with Crippen LogP contribution in [0.5, 0.6) is 0 Å². The second kappa shape index (κ2) is 6.23. The highest BCUT2D eigenvalue weighted by atomic mass is 16.9. The zero-order chi connectivity index (χ0) is 12.9. The number of rotatable bonds is 6. The van der Waals surface area contributed by atoms with Crippen molar-refractivity contribution in [2.24, 2.45) is 0 Å². The van der Waals surface area contributed by atoms with Crippen LogP contribution in [0.25, 0.3) is 0 Å². The normalized spacial score (nSPS) is 19.1. The molecule has 0 aromatic carbocycles. The summed E-state index contributed by atoms with van der Waals surface area (Å²) in [5.74, 6) is 0.868. The van der Waals surface area contributed by atoms with E-state index in [9.17, 15) is 0 Å². The largest absolute Gasteiger partial charge is 0.491 e. The third-order valence-corrected chi connectivity index (χ3v) is 2.82. The van der Waals surface area contributed by atoms with Crippen LogP contribution in [0, 0.1) is 0 Å². The lowest BCUT2D eigenvalue weighted by molar-refractivity contribution is -0.443. The first-order valence-electron chi connectivity index (χ1n) is 6.21. The highest BCUT2D eigenvalue weighted by Gasteiger charge is 2.25. The lowest BCUT2D eigenvalue weighted by atomic mass is 10.2. The molecular weight excluding hydrogens is 224 g/mol. The molecule has 1 aliphatic rings. The maximum Gasteiger partial charge on any atom is 0.452 e. The van der Waals surface area contributed by atoms with Crippen LogP contribution in [0.2, 0.25) is 0 Å². The van der Waals surface area contributed by atoms with Crippen LogP contribution in [0.4, 0.5) is 0 Å². The van der Waals surface area contributed by atoms with Gasteiger partial charge in [-0.1, -0.05) is 13.8 Å². The molecule has 0 unspecified atom stereocenters. The van der Waals surface area contributed by atoms with Crippen LogP contribution in [0.15, 0.2) is 11.5 Å². The summed E-state index contributed by atoms with van der Waals surface area (Å²) in [7, 11) is 0. The van der Waals surface area contributed by atoms with Crippen molar-refractivity contribution < 1.29 is 24.8 Å². The van der Waals surface area contributed by atoms with E-state index in [1.54, 1.807) is 6.92 Å². The first-order valence-corrected chi connectivity index (χ1v) is 6.21. The molecular formula is C12H22O5. The second-order valence-corrected chi connectivity index (χ2v) is 4.25. The zero-order valence-electron chi connectivity index (χ0n) is 10.5. The third-order valence-electron chi connectivity index (χ3n) is 2.82. The molecule has 0 aliphatic heterocycles. The Bertz CT molecular complexity index is 261. The topological polar surface area (TPSA) is 79.2 Å². The van der Waals surface area contributed by atoms with Crippen molar-refractivity contribution in [3.8, 4) is 0 Å². The van der Waals surface area contributed by atoms with Gasteiger partial charge < -0.3 is 24.8 Å². The van der Waals surface area contributed by atoms with Gasteiger partial charge in [0.05, 0.1) is 6.10 Å². The standard InChI is InChI=1S/C12H22O5/c1-3-10(16-9-7-5-6-8-9)11(4-2)17-12(13,14)15/h9,13-15H,3-8H2,1-2H3. The predicted molar refractivity (Wildman–Crippen MR) is 61.4 cm³/mol. The van der Waals surface area contributed by atoms with Crippen molar-refractivity contribution in [3.05, 3.63) is 11.5 Å². The molecule has 0 bridgehead atoms. The fourth-order valence-corrected chi connectivity index (χ4v) is 2.05. The van der Waals surface area contributed by atoms with Gasteiger partial charge in [0.1, 0.15) is 11.5 Å². The average Bonchev–Trinajstić information content (AvgIpc) is 2.74. The summed E-state index contributed by atoms with van der Waals surface area (Å²) in [6.07, 6.45) is 2.42. The quantitative estimate of drug-likeness (QED) is 0.490. The Morgan fingerprint density at radius 3 is 2.00 bits per heavy atom. The smallest absolute Gasteiger partial charge is 0.452 e. The van der Waals surface area contributed by atoms with E-state index < -0.39 is 6.16 Å². The molecule has 17 heavy (non-hydrogen) atoms. The van der Waals surface area contributed by atoms with Gasteiger partial charge in [0, 0.05) is 12.8 Å². The fraction of sp³-hybridized carbons (Fsp3) is 0.833. The van der Waals surface area contributed by atoms with Gasteiger partial charge in [0.15, 0.2) is 0 Å². The van der Waals surface area contributed by atoms with Gasteiger partial charge in [0.2, 0.25) is 0 Å². The van der Waals surface area contributed by atoms with Crippen LogP contribution in [0.1, 0.15) is 52.4 Å². The van der Waals surface area contributed by atoms with Gasteiger partial charge in [-0.15, -0.1) is 0 Å². The fourth-order valence-electron chi connectivity index (χ4n) is 2.05. The van der Waals surface area contributed by atoms with Crippen LogP contribution in [-0.4, -0.2) is 27.6 Å². The summed E-state index contributed by atoms with van der Waals surface area (Å²) >= 11 is 0. The Kier molecular flexibility index (Phi) is 5.24. The molecule has 0 atom stereocenters. The molecule has 3 N–H and O–H groups in total. The molecule has 1 rings (SSSR count). The summed E-state index contributed by atoms with van der Waals surface area (Å²) in [6, 6.07) is 0. The molecule has 100 valence electrons. The van der Waals surface area contributed by atoms with E-state index in [4.69, 9.17) is 20.1 Å². The molecule has 1 aliphatic carbocycles. The van der Waals surface area contributed by atoms with Gasteiger partial charge in [-0.25, -0.2) is 0 Å². The molecule has 0 saturated heterocycles. The molecule has 5 heteroatoms. The lowest BCUT2D eigenvalue weighted by Gasteiger charge is -2.22. The molecule has 0 spiro atoms. The molecule has 0 amide bonds. The molecule has 1 saturated carbocycles. The van der Waals surface area contributed by atoms with Gasteiger partial charge in [-0.05, 0) is 25.7 Å². The van der Waals surface area contributed by atoms with Crippen molar-refractivity contribution in [2.75, 3.05) is 0 Å². The number of aliphatic hydroxyl groups is 3. The minimum Gasteiger partial charge on any atom is -0.491 e. The van der Waals surface area contributed by atoms with Crippen LogP contribution in [0.3, 0.4) is 0 Å². The molecule has 0 heterocycles. The first-order chi connectivity index (χ1) is 7.96. The third kappa shape index (κ3) is 4.93. The van der Waals surface area contributed by atoms with E-state index in [0.29, 0.717) is 18.6 Å². The van der Waals surface area contributed by atoms with Crippen molar-refractivity contribution in [3.63, 3.8) is 0 Å². The molecule has 0 radical (unpaired) electrons. The summed E-state index contributed by atoms with van der Waals surface area (Å²) in [5.41, 5.74) is 0. The minimum atomic E-state index is -3.13. The summed E-state index contributed by atoms with van der Waals surface area (Å²) in [6.45, 7) is 3.70. The molecule has 5 nitrogen and oxygen atoms in total. The average molecular weight is 246 g/mol. The van der Waals surface area contributed by atoms with E-state index in [1.807, 2.05) is 6.92 Å². The van der Waals surface area contributed by atoms with E-state index in [-0.39, 0.29) is 11.9 Å². The summed E-state index contributed by atoms with van der Waals surface area (Å²) in [4.78, 5) is 0. The maximum absolute atomic E-state index is 8.82. The zero-order valence-corrected chi connectivity index (χ0v) is 10.5. The number of hydrogen-bond acceptors (Lipinski definition) is 5. The van der Waals surface area contributed by atoms with Gasteiger partial charge >= 0.3 is 6.16 Å². The van der Waals surface area contributed by atoms with E-state index >= 15 is 0 Å². The number of allylic oxidation sites excluding steroid dienone is 2. The number of ether oxygens (including phenoxy) is 2. The number of hydrogen-bond donors (Lipinski definition) is 3. The maximum atomic E-state index is 8.82. The van der Waals surface area contributed by atoms with Gasteiger partial charge in [-0.3, -0.25) is 0 Å². The summed E-state index contributed by atoms with van der Waals surface area (Å²) < 4.78 is 10.5. The Labute approximate surface area is 102 Å². The highest BCUT2D eigenvalue weighted by molar-refractivity contribution is 5.01. The van der Waals surface area contributed by atoms with Crippen molar-refractivity contribution in [1.29, 1.82) is 0 Å². The molecule has 0 aromatic heterocycles. The van der Waals surface area contributed by atoms with Crippen LogP contribution >= 0.6 is 0 Å². The van der Waals surface area contributed by atoms with Crippen LogP contribution < -0.4 is 0 Å². The monoisotopic (exact) mass is 246 g/mol. The van der Waals surface area contributed by atoms with Crippen molar-refractivity contribution >= 4 is 0 Å². The molecule has 1 fully saturated rings. The van der Waals surface area contributed by atoms with E-state index in [0.717, 1.165) is 25.7 Å². The SMILES string of the molecule is CCC(OC1CCCC1)=C(CC)OC(O)(O)O. The van der Waals surface area contributed by atoms with Gasteiger partial charge in [0.25, 0.3) is 0 Å². The second-order valence-electron chi connectivity index (χ2n) is 4.25. The molecule has 0 aromatic rings. The Morgan fingerprint density at radius 1 is 1.06 bits per heavy atom. The summed E-state index contributed by atoms with van der Waals surface area (Å²) in [5, 5.41) is 26.5. The lowest BCUT2D eigenvalue weighted by Crippen LogP contribution is -2.31. The van der Waals surface area contributed by atoms with Crippen molar-refractivity contribution in [2.45, 2.75) is 64.6 Å². The predicted octanol–water partition coefficient (Wildman–Crippen LogP) is 1.58. The Morgan fingerprint density at radius 2 is 1.59 bits per heavy atom. The Hall–Kier alpha value is -0.780. The van der Waals surface area contributed by atoms with E-state index in [2.05, 4.69) is 4.74 Å². The van der Waals surface area contributed by atoms with Gasteiger partial charge in [-0.2, -0.15) is 0 Å². The van der Waals surface area contributed by atoms with E-state index in [1.165, 1.54) is 0 Å². The van der Waals surface area contributed by atoms with Crippen LogP contribution in [-0.2, 0) is 9.47 Å². The highest BCUT2D eigenvalue weighted by Crippen LogP contribution is 2.27.